The van der Waals surface area contributed by atoms with E-state index < -0.39 is 24.4 Å². The molecule has 0 aromatic heterocycles. The van der Waals surface area contributed by atoms with E-state index in [1.165, 1.54) is 11.4 Å². The SMILES string of the molecule is CCOC(OCC)[C@H](C)N(Cc1cccc2ccccc12)C(=O)[C@H](Cc1ccccc1)NC(=O)CN(C)N(CC1CCCCC1)C(N)=O. The Morgan fingerprint density at radius 2 is 1.54 bits per heavy atom. The quantitative estimate of drug-likeness (QED) is 0.146. The van der Waals surface area contributed by atoms with Gasteiger partial charge in [0.05, 0.1) is 12.6 Å². The van der Waals surface area contributed by atoms with Gasteiger partial charge in [-0.05, 0) is 61.4 Å². The van der Waals surface area contributed by atoms with Gasteiger partial charge in [-0.1, -0.05) is 92.1 Å². The Kier molecular flexibility index (Phi) is 14.2. The van der Waals surface area contributed by atoms with Gasteiger partial charge in [0.25, 0.3) is 0 Å². The van der Waals surface area contributed by atoms with E-state index in [0.29, 0.717) is 25.7 Å². The summed E-state index contributed by atoms with van der Waals surface area (Å²) < 4.78 is 12.0. The van der Waals surface area contributed by atoms with Crippen LogP contribution in [0.1, 0.15) is 64.0 Å². The molecule has 10 heteroatoms. The van der Waals surface area contributed by atoms with Gasteiger partial charge in [0.15, 0.2) is 6.29 Å². The van der Waals surface area contributed by atoms with Gasteiger partial charge in [0.2, 0.25) is 11.8 Å². The molecular formula is C38H53N5O5. The fraction of sp³-hybridized carbons (Fsp3) is 0.500. The number of rotatable bonds is 17. The number of fused-ring (bicyclic) bond motifs is 1. The van der Waals surface area contributed by atoms with Crippen LogP contribution in [0.3, 0.4) is 0 Å². The smallest absolute Gasteiger partial charge is 0.329 e. The molecule has 4 rings (SSSR count). The molecule has 0 saturated heterocycles. The lowest BCUT2D eigenvalue weighted by Crippen LogP contribution is -2.57. The van der Waals surface area contributed by atoms with Crippen molar-refractivity contribution in [3.8, 4) is 0 Å². The van der Waals surface area contributed by atoms with Crippen molar-refractivity contribution < 1.29 is 23.9 Å². The number of hydrogen-bond donors (Lipinski definition) is 2. The van der Waals surface area contributed by atoms with E-state index in [2.05, 4.69) is 23.5 Å². The summed E-state index contributed by atoms with van der Waals surface area (Å²) in [7, 11) is 1.69. The van der Waals surface area contributed by atoms with Crippen LogP contribution in [0.25, 0.3) is 10.8 Å². The number of likely N-dealkylation sites (N-methyl/N-ethyl adjacent to an activating group) is 1. The Bertz CT molecular complexity index is 1450. The van der Waals surface area contributed by atoms with Crippen LogP contribution in [-0.2, 0) is 32.0 Å². The van der Waals surface area contributed by atoms with Gasteiger partial charge in [-0.25, -0.2) is 9.80 Å². The molecule has 10 nitrogen and oxygen atoms in total. The molecule has 1 aliphatic rings. The van der Waals surface area contributed by atoms with Crippen molar-refractivity contribution in [1.29, 1.82) is 0 Å². The molecule has 1 fully saturated rings. The first-order valence-electron chi connectivity index (χ1n) is 17.3. The maximum absolute atomic E-state index is 14.8. The van der Waals surface area contributed by atoms with Gasteiger partial charge in [-0.3, -0.25) is 14.6 Å². The Labute approximate surface area is 285 Å². The molecule has 3 N–H and O–H groups in total. The molecule has 0 unspecified atom stereocenters. The second-order valence-corrected chi connectivity index (χ2v) is 12.7. The Morgan fingerprint density at radius 3 is 2.21 bits per heavy atom. The molecule has 1 aliphatic carbocycles. The summed E-state index contributed by atoms with van der Waals surface area (Å²) in [6.45, 7) is 7.17. The first-order valence-corrected chi connectivity index (χ1v) is 17.3. The first kappa shape index (κ1) is 36.8. The van der Waals surface area contributed by atoms with Crippen molar-refractivity contribution >= 4 is 28.6 Å². The van der Waals surface area contributed by atoms with E-state index in [1.54, 1.807) is 17.0 Å². The van der Waals surface area contributed by atoms with E-state index in [4.69, 9.17) is 15.2 Å². The molecule has 1 saturated carbocycles. The van der Waals surface area contributed by atoms with Crippen molar-refractivity contribution in [2.45, 2.75) is 84.2 Å². The van der Waals surface area contributed by atoms with Crippen molar-refractivity contribution in [2.24, 2.45) is 11.7 Å². The number of carbonyl (C=O) groups excluding carboxylic acids is 3. The minimum absolute atomic E-state index is 0.131. The predicted octanol–water partition coefficient (Wildman–Crippen LogP) is 5.49. The van der Waals surface area contributed by atoms with Gasteiger partial charge < -0.3 is 25.4 Å². The van der Waals surface area contributed by atoms with Crippen molar-refractivity contribution in [3.05, 3.63) is 83.9 Å². The van der Waals surface area contributed by atoms with Crippen LogP contribution < -0.4 is 11.1 Å². The van der Waals surface area contributed by atoms with E-state index in [-0.39, 0.29) is 31.3 Å². The van der Waals surface area contributed by atoms with Gasteiger partial charge in [-0.15, -0.1) is 0 Å². The second-order valence-electron chi connectivity index (χ2n) is 12.7. The number of primary amides is 1. The van der Waals surface area contributed by atoms with Crippen molar-refractivity contribution in [3.63, 3.8) is 0 Å². The first-order chi connectivity index (χ1) is 23.2. The average Bonchev–Trinajstić information content (AvgIpc) is 3.09. The molecule has 3 aromatic carbocycles. The minimum atomic E-state index is -0.894. The zero-order chi connectivity index (χ0) is 34.5. The summed E-state index contributed by atoms with van der Waals surface area (Å²) in [4.78, 5) is 42.7. The van der Waals surface area contributed by atoms with Gasteiger partial charge in [0, 0.05) is 39.8 Å². The summed E-state index contributed by atoms with van der Waals surface area (Å²) in [5.74, 6) is -0.295. The van der Waals surface area contributed by atoms with E-state index in [9.17, 15) is 14.4 Å². The van der Waals surface area contributed by atoms with Crippen LogP contribution in [0, 0.1) is 5.92 Å². The number of urea groups is 1. The lowest BCUT2D eigenvalue weighted by Gasteiger charge is -2.37. The van der Waals surface area contributed by atoms with Crippen LogP contribution in [0.2, 0.25) is 0 Å². The lowest BCUT2D eigenvalue weighted by atomic mass is 9.89. The molecular weight excluding hydrogens is 606 g/mol. The number of nitrogens with zero attached hydrogens (tertiary/aromatic N) is 3. The van der Waals surface area contributed by atoms with Crippen molar-refractivity contribution in [2.75, 3.05) is 33.4 Å². The summed E-state index contributed by atoms with van der Waals surface area (Å²) in [5.41, 5.74) is 7.66. The van der Waals surface area contributed by atoms with Crippen molar-refractivity contribution in [1.82, 2.24) is 20.2 Å². The number of nitrogens with one attached hydrogen (secondary N) is 1. The molecule has 4 amide bonds. The van der Waals surface area contributed by atoms with Crippen LogP contribution in [0.5, 0.6) is 0 Å². The third kappa shape index (κ3) is 10.3. The molecule has 0 aliphatic heterocycles. The van der Waals surface area contributed by atoms with Crippen LogP contribution in [-0.4, -0.2) is 84.5 Å². The van der Waals surface area contributed by atoms with E-state index in [0.717, 1.165) is 47.6 Å². The Balaban J connectivity index is 1.62. The zero-order valence-electron chi connectivity index (χ0n) is 29.0. The molecule has 0 radical (unpaired) electrons. The zero-order valence-corrected chi connectivity index (χ0v) is 29.0. The number of benzene rings is 3. The molecule has 0 bridgehead atoms. The number of hydrogen-bond acceptors (Lipinski definition) is 6. The summed E-state index contributed by atoms with van der Waals surface area (Å²) >= 11 is 0. The van der Waals surface area contributed by atoms with Gasteiger partial charge in [0.1, 0.15) is 6.04 Å². The fourth-order valence-corrected chi connectivity index (χ4v) is 6.63. The molecule has 260 valence electrons. The van der Waals surface area contributed by atoms with E-state index in [1.807, 2.05) is 75.4 Å². The molecule has 2 atom stereocenters. The van der Waals surface area contributed by atoms with Gasteiger partial charge in [-0.2, -0.15) is 0 Å². The highest BCUT2D eigenvalue weighted by Gasteiger charge is 2.34. The molecule has 3 aromatic rings. The summed E-state index contributed by atoms with van der Waals surface area (Å²) in [6.07, 6.45) is 5.15. The summed E-state index contributed by atoms with van der Waals surface area (Å²) in [5, 5.41) is 8.16. The standard InChI is InChI=1S/C38H53N5O5/c1-5-47-37(48-6-2)28(3)42(26-32-22-15-21-31-20-13-14-23-33(31)32)36(45)34(24-29-16-9-7-10-17-29)40-35(44)27-41(4)43(38(39)46)25-30-18-11-8-12-19-30/h7,9-10,13-17,20-23,28,30,34,37H,5-6,8,11-12,18-19,24-27H2,1-4H3,(H2,39,46)(H,40,44)/t28-,34-/m0/s1. The topological polar surface area (TPSA) is 117 Å². The fourth-order valence-electron chi connectivity index (χ4n) is 6.63. The third-order valence-electron chi connectivity index (χ3n) is 9.16. The maximum atomic E-state index is 14.8. The number of amides is 4. The highest BCUT2D eigenvalue weighted by Crippen LogP contribution is 2.25. The van der Waals surface area contributed by atoms with Crippen LogP contribution in [0.15, 0.2) is 72.8 Å². The van der Waals surface area contributed by atoms with Crippen LogP contribution >= 0.6 is 0 Å². The summed E-state index contributed by atoms with van der Waals surface area (Å²) in [6, 6.07) is 21.8. The maximum Gasteiger partial charge on any atom is 0.329 e. The Morgan fingerprint density at radius 1 is 0.896 bits per heavy atom. The van der Waals surface area contributed by atoms with Crippen LogP contribution in [0.4, 0.5) is 4.79 Å². The Hall–Kier alpha value is -3.99. The predicted molar refractivity (Wildman–Crippen MR) is 189 cm³/mol. The molecule has 0 heterocycles. The third-order valence-corrected chi connectivity index (χ3v) is 9.16. The highest BCUT2D eigenvalue weighted by molar-refractivity contribution is 5.90. The highest BCUT2D eigenvalue weighted by atomic mass is 16.7. The minimum Gasteiger partial charge on any atom is -0.351 e. The average molecular weight is 660 g/mol. The second kappa shape index (κ2) is 18.5. The number of ether oxygens (including phenoxy) is 2. The molecule has 48 heavy (non-hydrogen) atoms. The lowest BCUT2D eigenvalue weighted by molar-refractivity contribution is -0.179. The monoisotopic (exact) mass is 659 g/mol. The number of carbonyl (C=O) groups is 3. The normalized spacial score (nSPS) is 15.0. The molecule has 0 spiro atoms. The van der Waals surface area contributed by atoms with Gasteiger partial charge >= 0.3 is 6.03 Å². The van der Waals surface area contributed by atoms with E-state index >= 15 is 0 Å². The largest absolute Gasteiger partial charge is 0.351 e. The number of nitrogens with two attached hydrogens (primary N) is 1. The number of hydrazine groups is 1.